The molecule has 0 atom stereocenters. The number of thiazole rings is 1. The number of nitrogens with one attached hydrogen (secondary N) is 1. The fraction of sp³-hybridized carbons (Fsp3) is 0.615. The molecule has 0 bridgehead atoms. The maximum atomic E-state index is 5.50. The topological polar surface area (TPSA) is 38.6 Å². The fourth-order valence-electron chi connectivity index (χ4n) is 2.84. The van der Waals surface area contributed by atoms with Crippen LogP contribution in [0.25, 0.3) is 4.96 Å². The molecular formula is C13H19N3OS. The van der Waals surface area contributed by atoms with E-state index in [1.54, 1.807) is 11.3 Å². The smallest absolute Gasteiger partial charge is 0.193 e. The van der Waals surface area contributed by atoms with Crippen molar-refractivity contribution >= 4 is 16.3 Å². The van der Waals surface area contributed by atoms with E-state index in [0.29, 0.717) is 5.41 Å². The third kappa shape index (κ3) is 2.30. The summed E-state index contributed by atoms with van der Waals surface area (Å²) in [7, 11) is 2.03. The lowest BCUT2D eigenvalue weighted by molar-refractivity contribution is 0.0154. The van der Waals surface area contributed by atoms with Gasteiger partial charge in [-0.15, -0.1) is 11.3 Å². The molecule has 5 heteroatoms. The lowest BCUT2D eigenvalue weighted by atomic mass is 9.76. The minimum Gasteiger partial charge on any atom is -0.381 e. The third-order valence-electron chi connectivity index (χ3n) is 3.80. The maximum absolute atomic E-state index is 5.50. The molecule has 1 fully saturated rings. The summed E-state index contributed by atoms with van der Waals surface area (Å²) in [5, 5.41) is 5.41. The molecule has 3 heterocycles. The summed E-state index contributed by atoms with van der Waals surface area (Å²) in [5.74, 6) is 0. The molecule has 1 aliphatic heterocycles. The summed E-state index contributed by atoms with van der Waals surface area (Å²) in [5.41, 5.74) is 1.52. The van der Waals surface area contributed by atoms with E-state index in [9.17, 15) is 0 Å². The van der Waals surface area contributed by atoms with Crippen molar-refractivity contribution < 1.29 is 4.74 Å². The second-order valence-corrected chi connectivity index (χ2v) is 6.02. The van der Waals surface area contributed by atoms with Crippen molar-refractivity contribution in [3.05, 3.63) is 23.5 Å². The van der Waals surface area contributed by atoms with E-state index in [1.807, 2.05) is 7.05 Å². The molecule has 0 aliphatic carbocycles. The number of hydrogen-bond acceptors (Lipinski definition) is 4. The van der Waals surface area contributed by atoms with Crippen molar-refractivity contribution in [2.45, 2.75) is 19.3 Å². The van der Waals surface area contributed by atoms with Crippen molar-refractivity contribution in [1.82, 2.24) is 14.7 Å². The first-order valence-electron chi connectivity index (χ1n) is 6.45. The zero-order valence-corrected chi connectivity index (χ0v) is 11.5. The number of nitrogens with zero attached hydrogens (tertiary/aromatic N) is 2. The standard InChI is InChI=1S/C13H19N3OS/c1-14-10-13(2-5-17-6-3-13)8-11-9-16-4-7-18-12(16)15-11/h4,7,9,14H,2-3,5-6,8,10H2,1H3. The van der Waals surface area contributed by atoms with Crippen LogP contribution >= 0.6 is 11.3 Å². The molecule has 4 nitrogen and oxygen atoms in total. The Balaban J connectivity index is 1.81. The van der Waals surface area contributed by atoms with Gasteiger partial charge >= 0.3 is 0 Å². The van der Waals surface area contributed by atoms with Gasteiger partial charge in [-0.05, 0) is 31.7 Å². The minimum atomic E-state index is 0.316. The molecule has 1 saturated heterocycles. The fourth-order valence-corrected chi connectivity index (χ4v) is 3.56. The van der Waals surface area contributed by atoms with Gasteiger partial charge in [0, 0.05) is 37.5 Å². The van der Waals surface area contributed by atoms with Gasteiger partial charge in [0.2, 0.25) is 0 Å². The van der Waals surface area contributed by atoms with Crippen molar-refractivity contribution in [3.8, 4) is 0 Å². The van der Waals surface area contributed by atoms with Gasteiger partial charge in [0.25, 0.3) is 0 Å². The number of fused-ring (bicyclic) bond motifs is 1. The average molecular weight is 265 g/mol. The lowest BCUT2D eigenvalue weighted by Gasteiger charge is -2.36. The normalized spacial score (nSPS) is 19.4. The number of rotatable bonds is 4. The van der Waals surface area contributed by atoms with Gasteiger partial charge in [-0.1, -0.05) is 0 Å². The van der Waals surface area contributed by atoms with Crippen LogP contribution in [-0.4, -0.2) is 36.2 Å². The van der Waals surface area contributed by atoms with Gasteiger partial charge in [-0.25, -0.2) is 4.98 Å². The van der Waals surface area contributed by atoms with Gasteiger partial charge in [-0.3, -0.25) is 4.40 Å². The quantitative estimate of drug-likeness (QED) is 0.918. The van der Waals surface area contributed by atoms with Crippen LogP contribution in [0.3, 0.4) is 0 Å². The van der Waals surface area contributed by atoms with Gasteiger partial charge in [0.15, 0.2) is 4.96 Å². The molecule has 0 spiro atoms. The van der Waals surface area contributed by atoms with Crippen LogP contribution in [-0.2, 0) is 11.2 Å². The van der Waals surface area contributed by atoms with Crippen LogP contribution in [0.5, 0.6) is 0 Å². The Labute approximate surface area is 111 Å². The van der Waals surface area contributed by atoms with E-state index in [2.05, 4.69) is 27.5 Å². The van der Waals surface area contributed by atoms with E-state index < -0.39 is 0 Å². The Morgan fingerprint density at radius 3 is 3.06 bits per heavy atom. The summed E-state index contributed by atoms with van der Waals surface area (Å²) in [6.45, 7) is 2.80. The minimum absolute atomic E-state index is 0.316. The molecular weight excluding hydrogens is 246 g/mol. The van der Waals surface area contributed by atoms with E-state index in [0.717, 1.165) is 44.0 Å². The van der Waals surface area contributed by atoms with Crippen LogP contribution in [0.2, 0.25) is 0 Å². The monoisotopic (exact) mass is 265 g/mol. The predicted octanol–water partition coefficient (Wildman–Crippen LogP) is 1.95. The van der Waals surface area contributed by atoms with E-state index in [-0.39, 0.29) is 0 Å². The predicted molar refractivity (Wildman–Crippen MR) is 73.2 cm³/mol. The van der Waals surface area contributed by atoms with Crippen LogP contribution in [0.1, 0.15) is 18.5 Å². The highest BCUT2D eigenvalue weighted by Crippen LogP contribution is 2.33. The summed E-state index contributed by atoms with van der Waals surface area (Å²) in [6, 6.07) is 0. The second-order valence-electron chi connectivity index (χ2n) is 5.14. The van der Waals surface area contributed by atoms with Gasteiger partial charge in [-0.2, -0.15) is 0 Å². The summed E-state index contributed by atoms with van der Waals surface area (Å²) in [4.78, 5) is 5.80. The Morgan fingerprint density at radius 1 is 1.50 bits per heavy atom. The number of hydrogen-bond donors (Lipinski definition) is 1. The first-order valence-corrected chi connectivity index (χ1v) is 7.33. The largest absolute Gasteiger partial charge is 0.381 e. The molecule has 1 aliphatic rings. The number of ether oxygens (including phenoxy) is 1. The Hall–Kier alpha value is -0.910. The highest BCUT2D eigenvalue weighted by molar-refractivity contribution is 7.15. The lowest BCUT2D eigenvalue weighted by Crippen LogP contribution is -2.39. The highest BCUT2D eigenvalue weighted by Gasteiger charge is 2.33. The van der Waals surface area contributed by atoms with Crippen LogP contribution in [0.15, 0.2) is 17.8 Å². The van der Waals surface area contributed by atoms with E-state index in [1.165, 1.54) is 5.69 Å². The van der Waals surface area contributed by atoms with Crippen molar-refractivity contribution in [2.24, 2.45) is 5.41 Å². The summed E-state index contributed by atoms with van der Waals surface area (Å²) >= 11 is 1.69. The van der Waals surface area contributed by atoms with Crippen LogP contribution < -0.4 is 5.32 Å². The number of aromatic nitrogens is 2. The third-order valence-corrected chi connectivity index (χ3v) is 4.58. The Bertz CT molecular complexity index is 479. The molecule has 98 valence electrons. The number of imidazole rings is 1. The second kappa shape index (κ2) is 4.99. The van der Waals surface area contributed by atoms with Crippen LogP contribution in [0, 0.1) is 5.41 Å². The molecule has 0 amide bonds. The first kappa shape index (κ1) is 12.1. The first-order chi connectivity index (χ1) is 8.81. The SMILES string of the molecule is CNCC1(Cc2cn3ccsc3n2)CCOCC1. The molecule has 3 rings (SSSR count). The zero-order valence-electron chi connectivity index (χ0n) is 10.7. The van der Waals surface area contributed by atoms with Gasteiger partial charge < -0.3 is 10.1 Å². The highest BCUT2D eigenvalue weighted by atomic mass is 32.1. The van der Waals surface area contributed by atoms with Gasteiger partial charge in [0.1, 0.15) is 0 Å². The zero-order chi connectivity index (χ0) is 12.4. The molecule has 0 radical (unpaired) electrons. The van der Waals surface area contributed by atoms with Gasteiger partial charge in [0.05, 0.1) is 5.69 Å². The van der Waals surface area contributed by atoms with Crippen LogP contribution in [0.4, 0.5) is 0 Å². The molecule has 18 heavy (non-hydrogen) atoms. The molecule has 0 aromatic carbocycles. The van der Waals surface area contributed by atoms with E-state index >= 15 is 0 Å². The summed E-state index contributed by atoms with van der Waals surface area (Å²) < 4.78 is 7.62. The summed E-state index contributed by atoms with van der Waals surface area (Å²) in [6.07, 6.45) is 7.54. The maximum Gasteiger partial charge on any atom is 0.193 e. The molecule has 2 aromatic heterocycles. The van der Waals surface area contributed by atoms with E-state index in [4.69, 9.17) is 9.72 Å². The molecule has 0 saturated carbocycles. The molecule has 2 aromatic rings. The Morgan fingerprint density at radius 2 is 2.33 bits per heavy atom. The molecule has 0 unspecified atom stereocenters. The molecule has 1 N–H and O–H groups in total. The Kier molecular flexibility index (Phi) is 3.37. The van der Waals surface area contributed by atoms with Crippen molar-refractivity contribution in [3.63, 3.8) is 0 Å². The average Bonchev–Trinajstić information content (AvgIpc) is 2.91. The van der Waals surface area contributed by atoms with Crippen molar-refractivity contribution in [1.29, 1.82) is 0 Å². The van der Waals surface area contributed by atoms with Crippen molar-refractivity contribution in [2.75, 3.05) is 26.8 Å².